The molecule has 1 atom stereocenters. The van der Waals surface area contributed by atoms with Crippen molar-refractivity contribution in [3.05, 3.63) is 12.2 Å². The largest absolute Gasteiger partial charge is 0.462 e. The summed E-state index contributed by atoms with van der Waals surface area (Å²) in [5.41, 5.74) is 0. The second-order valence-electron chi connectivity index (χ2n) is 18.2. The van der Waals surface area contributed by atoms with Gasteiger partial charge in [0.1, 0.15) is 13.2 Å². The fourth-order valence-electron chi connectivity index (χ4n) is 7.98. The molecular weight excluding hydrogens is 745 g/mol. The number of carbonyl (C=O) groups is 3. The van der Waals surface area contributed by atoms with Crippen LogP contribution in [0.2, 0.25) is 0 Å². The van der Waals surface area contributed by atoms with Crippen LogP contribution >= 0.6 is 0 Å². The molecule has 0 radical (unpaired) electrons. The number of esters is 3. The van der Waals surface area contributed by atoms with Crippen LogP contribution in [0.15, 0.2) is 12.2 Å². The topological polar surface area (TPSA) is 78.9 Å². The summed E-state index contributed by atoms with van der Waals surface area (Å²) < 4.78 is 16.8. The van der Waals surface area contributed by atoms with E-state index in [2.05, 4.69) is 32.9 Å². The van der Waals surface area contributed by atoms with Crippen molar-refractivity contribution in [2.24, 2.45) is 0 Å². The van der Waals surface area contributed by atoms with E-state index < -0.39 is 6.10 Å². The quantitative estimate of drug-likeness (QED) is 0.0263. The first-order chi connectivity index (χ1) is 29.5. The number of carbonyl (C=O) groups excluding carboxylic acids is 3. The van der Waals surface area contributed by atoms with Gasteiger partial charge >= 0.3 is 17.9 Å². The Hall–Kier alpha value is -1.85. The monoisotopic (exact) mass is 847 g/mol. The average molecular weight is 847 g/mol. The lowest BCUT2D eigenvalue weighted by Crippen LogP contribution is -2.30. The maximum Gasteiger partial charge on any atom is 0.306 e. The summed E-state index contributed by atoms with van der Waals surface area (Å²) in [4.78, 5) is 37.8. The van der Waals surface area contributed by atoms with Crippen molar-refractivity contribution < 1.29 is 28.6 Å². The van der Waals surface area contributed by atoms with E-state index in [1.807, 2.05) is 0 Å². The third-order valence-corrected chi connectivity index (χ3v) is 12.0. The fraction of sp³-hybridized carbons (Fsp3) is 0.907. The van der Waals surface area contributed by atoms with Crippen LogP contribution in [0.4, 0.5) is 0 Å². The van der Waals surface area contributed by atoms with Crippen LogP contribution in [0.1, 0.15) is 297 Å². The highest BCUT2D eigenvalue weighted by Gasteiger charge is 2.19. The van der Waals surface area contributed by atoms with Gasteiger partial charge in [0.25, 0.3) is 0 Å². The summed E-state index contributed by atoms with van der Waals surface area (Å²) in [5.74, 6) is -0.865. The van der Waals surface area contributed by atoms with Crippen molar-refractivity contribution in [1.29, 1.82) is 0 Å². The predicted octanol–water partition coefficient (Wildman–Crippen LogP) is 17.4. The van der Waals surface area contributed by atoms with Gasteiger partial charge in [-0.3, -0.25) is 14.4 Å². The SMILES string of the molecule is CCC/C=C\CCCCCCCC(=O)OC(COC(=O)CCCCCCCCCCCC)COC(=O)CCCCCCCCCCCCCCCCCCCCCCCC. The predicted molar refractivity (Wildman–Crippen MR) is 256 cm³/mol. The van der Waals surface area contributed by atoms with Crippen LogP contribution < -0.4 is 0 Å². The molecule has 0 N–H and O–H groups in total. The van der Waals surface area contributed by atoms with Gasteiger partial charge < -0.3 is 14.2 Å². The molecule has 0 aromatic heterocycles. The van der Waals surface area contributed by atoms with E-state index in [0.29, 0.717) is 19.3 Å². The molecule has 354 valence electrons. The first kappa shape index (κ1) is 58.1. The Labute approximate surface area is 373 Å². The average Bonchev–Trinajstić information content (AvgIpc) is 3.24. The van der Waals surface area contributed by atoms with Crippen molar-refractivity contribution in [1.82, 2.24) is 0 Å². The molecule has 0 aromatic rings. The number of ether oxygens (including phenoxy) is 3. The first-order valence-corrected chi connectivity index (χ1v) is 26.7. The molecule has 0 aliphatic rings. The zero-order valence-corrected chi connectivity index (χ0v) is 40.5. The maximum atomic E-state index is 12.7. The smallest absolute Gasteiger partial charge is 0.306 e. The molecule has 1 unspecified atom stereocenters. The number of hydrogen-bond donors (Lipinski definition) is 0. The van der Waals surface area contributed by atoms with Crippen LogP contribution in [0, 0.1) is 0 Å². The van der Waals surface area contributed by atoms with E-state index >= 15 is 0 Å². The van der Waals surface area contributed by atoms with Gasteiger partial charge in [-0.2, -0.15) is 0 Å². The summed E-state index contributed by atoms with van der Waals surface area (Å²) in [6.45, 7) is 6.59. The van der Waals surface area contributed by atoms with Crippen LogP contribution in [-0.2, 0) is 28.6 Å². The van der Waals surface area contributed by atoms with E-state index in [0.717, 1.165) is 70.6 Å². The molecule has 0 aromatic carbocycles. The van der Waals surface area contributed by atoms with E-state index in [-0.39, 0.29) is 31.1 Å². The second-order valence-corrected chi connectivity index (χ2v) is 18.2. The Bertz CT molecular complexity index is 931. The molecule has 0 saturated carbocycles. The zero-order valence-electron chi connectivity index (χ0n) is 40.5. The standard InChI is InChI=1S/C54H102O6/c1-4-7-10-13-16-19-22-23-24-25-26-27-28-29-30-31-32-33-36-38-41-44-47-53(56)59-50-51(60-54(57)48-45-42-39-35-21-18-15-12-9-6-3)49-58-52(55)46-43-40-37-34-20-17-14-11-8-5-2/h12,15,51H,4-11,13-14,16-50H2,1-3H3/b15-12-. The van der Waals surface area contributed by atoms with E-state index in [4.69, 9.17) is 14.2 Å². The number of unbranched alkanes of at least 4 members (excludes halogenated alkanes) is 36. The lowest BCUT2D eigenvalue weighted by atomic mass is 10.0. The van der Waals surface area contributed by atoms with Crippen LogP contribution in [0.5, 0.6) is 0 Å². The fourth-order valence-corrected chi connectivity index (χ4v) is 7.98. The highest BCUT2D eigenvalue weighted by atomic mass is 16.6. The van der Waals surface area contributed by atoms with E-state index in [1.54, 1.807) is 0 Å². The van der Waals surface area contributed by atoms with Gasteiger partial charge in [0.2, 0.25) is 0 Å². The summed E-state index contributed by atoms with van der Waals surface area (Å²) in [7, 11) is 0. The molecule has 6 heteroatoms. The lowest BCUT2D eigenvalue weighted by molar-refractivity contribution is -0.167. The third kappa shape index (κ3) is 47.2. The van der Waals surface area contributed by atoms with Gasteiger partial charge in [-0.25, -0.2) is 0 Å². The number of rotatable bonds is 49. The Kier molecular flexibility index (Phi) is 48.3. The summed E-state index contributed by atoms with van der Waals surface area (Å²) >= 11 is 0. The molecular formula is C54H102O6. The van der Waals surface area contributed by atoms with Gasteiger partial charge in [-0.05, 0) is 38.5 Å². The minimum atomic E-state index is -0.766. The Morgan fingerprint density at radius 1 is 0.317 bits per heavy atom. The molecule has 6 nitrogen and oxygen atoms in total. The Morgan fingerprint density at radius 2 is 0.583 bits per heavy atom. The molecule has 0 heterocycles. The maximum absolute atomic E-state index is 12.7. The van der Waals surface area contributed by atoms with Crippen LogP contribution in [-0.4, -0.2) is 37.2 Å². The molecule has 60 heavy (non-hydrogen) atoms. The molecule has 0 aliphatic carbocycles. The molecule has 0 spiro atoms. The zero-order chi connectivity index (χ0) is 43.7. The van der Waals surface area contributed by atoms with Crippen LogP contribution in [0.25, 0.3) is 0 Å². The van der Waals surface area contributed by atoms with E-state index in [9.17, 15) is 14.4 Å². The van der Waals surface area contributed by atoms with E-state index in [1.165, 1.54) is 186 Å². The van der Waals surface area contributed by atoms with Crippen molar-refractivity contribution in [2.45, 2.75) is 303 Å². The Balaban J connectivity index is 4.14. The van der Waals surface area contributed by atoms with Crippen molar-refractivity contribution in [3.63, 3.8) is 0 Å². The molecule has 0 bridgehead atoms. The summed E-state index contributed by atoms with van der Waals surface area (Å²) in [6.07, 6.45) is 55.0. The Morgan fingerprint density at radius 3 is 0.900 bits per heavy atom. The van der Waals surface area contributed by atoms with Crippen molar-refractivity contribution >= 4 is 17.9 Å². The first-order valence-electron chi connectivity index (χ1n) is 26.7. The minimum Gasteiger partial charge on any atom is -0.462 e. The number of allylic oxidation sites excluding steroid dienone is 2. The number of hydrogen-bond acceptors (Lipinski definition) is 6. The molecule has 0 rings (SSSR count). The molecule has 0 saturated heterocycles. The second kappa shape index (κ2) is 49.8. The molecule has 0 aliphatic heterocycles. The highest BCUT2D eigenvalue weighted by Crippen LogP contribution is 2.17. The lowest BCUT2D eigenvalue weighted by Gasteiger charge is -2.18. The molecule has 0 fully saturated rings. The summed E-state index contributed by atoms with van der Waals surface area (Å²) in [5, 5.41) is 0. The van der Waals surface area contributed by atoms with Gasteiger partial charge in [-0.1, -0.05) is 251 Å². The van der Waals surface area contributed by atoms with Gasteiger partial charge in [0.15, 0.2) is 6.10 Å². The van der Waals surface area contributed by atoms with Crippen LogP contribution in [0.3, 0.4) is 0 Å². The van der Waals surface area contributed by atoms with Gasteiger partial charge in [0, 0.05) is 19.3 Å². The minimum absolute atomic E-state index is 0.0685. The summed E-state index contributed by atoms with van der Waals surface area (Å²) in [6, 6.07) is 0. The third-order valence-electron chi connectivity index (χ3n) is 12.0. The van der Waals surface area contributed by atoms with Crippen molar-refractivity contribution in [2.75, 3.05) is 13.2 Å². The highest BCUT2D eigenvalue weighted by molar-refractivity contribution is 5.71. The normalized spacial score (nSPS) is 12.0. The van der Waals surface area contributed by atoms with Crippen molar-refractivity contribution in [3.8, 4) is 0 Å². The van der Waals surface area contributed by atoms with Gasteiger partial charge in [-0.15, -0.1) is 0 Å². The molecule has 0 amide bonds. The van der Waals surface area contributed by atoms with Gasteiger partial charge in [0.05, 0.1) is 0 Å².